The lowest BCUT2D eigenvalue weighted by molar-refractivity contribution is 0.375. The second kappa shape index (κ2) is 7.02. The van der Waals surface area contributed by atoms with Gasteiger partial charge in [-0.1, -0.05) is 0 Å². The van der Waals surface area contributed by atoms with E-state index in [2.05, 4.69) is 40.5 Å². The predicted molar refractivity (Wildman–Crippen MR) is 86.3 cm³/mol. The normalized spacial score (nSPS) is 19.1. The molecule has 0 atom stereocenters. The minimum atomic E-state index is 0.304. The Morgan fingerprint density at radius 2 is 2.35 bits per heavy atom. The molecule has 112 valence electrons. The van der Waals surface area contributed by atoms with Gasteiger partial charge in [-0.2, -0.15) is 11.8 Å². The summed E-state index contributed by atoms with van der Waals surface area (Å²) in [4.78, 5) is 11.2. The first-order valence-corrected chi connectivity index (χ1v) is 8.22. The molecule has 0 aromatic carbocycles. The van der Waals surface area contributed by atoms with Gasteiger partial charge >= 0.3 is 0 Å². The Kier molecular flexibility index (Phi) is 5.34. The number of aromatic nitrogens is 2. The molecule has 1 aromatic rings. The second-order valence-electron chi connectivity index (χ2n) is 5.57. The maximum Gasteiger partial charge on any atom is 0.194 e. The predicted octanol–water partition coefficient (Wildman–Crippen LogP) is 1.68. The summed E-state index contributed by atoms with van der Waals surface area (Å²) in [5, 5.41) is 3.41. The molecule has 0 aliphatic carbocycles. The van der Waals surface area contributed by atoms with Crippen LogP contribution in [0.1, 0.15) is 20.8 Å². The van der Waals surface area contributed by atoms with Crippen molar-refractivity contribution in [2.45, 2.75) is 32.1 Å². The van der Waals surface area contributed by atoms with Crippen LogP contribution in [0, 0.1) is 0 Å². The smallest absolute Gasteiger partial charge is 0.194 e. The van der Waals surface area contributed by atoms with Crippen molar-refractivity contribution in [3.05, 3.63) is 18.7 Å². The van der Waals surface area contributed by atoms with Crippen LogP contribution in [0.3, 0.4) is 0 Å². The summed E-state index contributed by atoms with van der Waals surface area (Å²) in [6.45, 7) is 11.4. The van der Waals surface area contributed by atoms with Crippen LogP contribution in [0.4, 0.5) is 0 Å². The monoisotopic (exact) mass is 295 g/mol. The zero-order valence-corrected chi connectivity index (χ0v) is 13.5. The molecular weight excluding hydrogens is 270 g/mol. The van der Waals surface area contributed by atoms with Crippen molar-refractivity contribution in [1.82, 2.24) is 19.8 Å². The Balaban J connectivity index is 1.94. The summed E-state index contributed by atoms with van der Waals surface area (Å²) < 4.78 is 2.36. The van der Waals surface area contributed by atoms with Gasteiger partial charge in [-0.3, -0.25) is 4.99 Å². The van der Waals surface area contributed by atoms with E-state index in [1.54, 1.807) is 6.20 Å². The molecule has 0 bridgehead atoms. The molecule has 0 unspecified atom stereocenters. The molecule has 1 aliphatic heterocycles. The summed E-state index contributed by atoms with van der Waals surface area (Å²) in [5.74, 6) is 2.21. The fraction of sp³-hybridized carbons (Fsp3) is 0.714. The first-order chi connectivity index (χ1) is 9.61. The number of aliphatic imine (C=N–C) groups is 1. The highest BCUT2D eigenvalue weighted by Gasteiger charge is 2.28. The molecule has 1 fully saturated rings. The van der Waals surface area contributed by atoms with Crippen LogP contribution in [-0.2, 0) is 6.54 Å². The number of hydrogen-bond acceptors (Lipinski definition) is 3. The highest BCUT2D eigenvalue weighted by atomic mass is 32.2. The van der Waals surface area contributed by atoms with Crippen molar-refractivity contribution in [1.29, 1.82) is 0 Å². The van der Waals surface area contributed by atoms with E-state index in [4.69, 9.17) is 4.99 Å². The Labute approximate surface area is 125 Å². The van der Waals surface area contributed by atoms with Crippen LogP contribution in [0.2, 0.25) is 0 Å². The topological polar surface area (TPSA) is 45.5 Å². The van der Waals surface area contributed by atoms with Gasteiger partial charge < -0.3 is 14.8 Å². The molecule has 0 radical (unpaired) electrons. The molecule has 1 aromatic heterocycles. The van der Waals surface area contributed by atoms with Gasteiger partial charge in [0.2, 0.25) is 0 Å². The Bertz CT molecular complexity index is 427. The molecule has 1 aliphatic rings. The number of nitrogens with zero attached hydrogens (tertiary/aromatic N) is 4. The fourth-order valence-corrected chi connectivity index (χ4v) is 3.42. The Morgan fingerprint density at radius 3 is 3.00 bits per heavy atom. The molecule has 2 rings (SSSR count). The lowest BCUT2D eigenvalue weighted by Gasteiger charge is -2.39. The summed E-state index contributed by atoms with van der Waals surface area (Å²) in [5.41, 5.74) is 0. The van der Waals surface area contributed by atoms with Gasteiger partial charge in [0.25, 0.3) is 0 Å². The van der Waals surface area contributed by atoms with Crippen LogP contribution < -0.4 is 5.32 Å². The first kappa shape index (κ1) is 15.2. The largest absolute Gasteiger partial charge is 0.357 e. The van der Waals surface area contributed by atoms with E-state index in [0.29, 0.717) is 4.75 Å². The van der Waals surface area contributed by atoms with Gasteiger partial charge in [-0.25, -0.2) is 4.98 Å². The molecule has 5 nitrogen and oxygen atoms in total. The van der Waals surface area contributed by atoms with Crippen LogP contribution >= 0.6 is 11.8 Å². The lowest BCUT2D eigenvalue weighted by atomic mass is 10.2. The highest BCUT2D eigenvalue weighted by molar-refractivity contribution is 8.00. The fourth-order valence-electron chi connectivity index (χ4n) is 2.31. The zero-order valence-electron chi connectivity index (χ0n) is 12.7. The van der Waals surface area contributed by atoms with Crippen molar-refractivity contribution in [2.75, 3.05) is 31.9 Å². The standard InChI is InChI=1S/C14H25N5S/c1-4-16-13(17-6-8-18-7-5-15-12-18)19-9-10-20-14(2,3)11-19/h5,7,12H,4,6,8-11H2,1-3H3,(H,16,17). The molecule has 6 heteroatoms. The third-order valence-electron chi connectivity index (χ3n) is 3.24. The third kappa shape index (κ3) is 4.44. The maximum absolute atomic E-state index is 4.75. The Hall–Kier alpha value is -1.17. The lowest BCUT2D eigenvalue weighted by Crippen LogP contribution is -2.51. The molecule has 0 amide bonds. The number of thioether (sulfide) groups is 1. The van der Waals surface area contributed by atoms with Crippen LogP contribution in [0.15, 0.2) is 23.7 Å². The number of rotatable bonds is 4. The highest BCUT2D eigenvalue weighted by Crippen LogP contribution is 2.29. The third-order valence-corrected chi connectivity index (χ3v) is 4.54. The van der Waals surface area contributed by atoms with Gasteiger partial charge in [0.15, 0.2) is 5.96 Å². The van der Waals surface area contributed by atoms with Crippen molar-refractivity contribution in [3.63, 3.8) is 0 Å². The molecule has 0 spiro atoms. The SMILES string of the molecule is CCNC(=NCCn1ccnc1)N1CCSC(C)(C)C1. The average molecular weight is 295 g/mol. The van der Waals surface area contributed by atoms with E-state index in [0.717, 1.165) is 38.7 Å². The number of imidazole rings is 1. The summed E-state index contributed by atoms with van der Waals surface area (Å²) in [7, 11) is 0. The van der Waals surface area contributed by atoms with Gasteiger partial charge in [-0.15, -0.1) is 0 Å². The van der Waals surface area contributed by atoms with Gasteiger partial charge in [0, 0.05) is 49.1 Å². The van der Waals surface area contributed by atoms with E-state index in [-0.39, 0.29) is 0 Å². The summed E-state index contributed by atoms with van der Waals surface area (Å²) in [6.07, 6.45) is 5.62. The quantitative estimate of drug-likeness (QED) is 0.678. The van der Waals surface area contributed by atoms with Gasteiger partial charge in [0.05, 0.1) is 12.9 Å². The van der Waals surface area contributed by atoms with E-state index >= 15 is 0 Å². The van der Waals surface area contributed by atoms with Crippen molar-refractivity contribution < 1.29 is 0 Å². The van der Waals surface area contributed by atoms with Crippen molar-refractivity contribution in [2.24, 2.45) is 4.99 Å². The molecule has 1 saturated heterocycles. The van der Waals surface area contributed by atoms with Crippen LogP contribution in [0.25, 0.3) is 0 Å². The second-order valence-corrected chi connectivity index (χ2v) is 7.37. The number of hydrogen-bond donors (Lipinski definition) is 1. The minimum Gasteiger partial charge on any atom is -0.357 e. The van der Waals surface area contributed by atoms with E-state index < -0.39 is 0 Å². The maximum atomic E-state index is 4.75. The van der Waals surface area contributed by atoms with E-state index in [1.807, 2.05) is 24.3 Å². The van der Waals surface area contributed by atoms with E-state index in [9.17, 15) is 0 Å². The molecule has 2 heterocycles. The molecule has 1 N–H and O–H groups in total. The van der Waals surface area contributed by atoms with Gasteiger partial charge in [0.1, 0.15) is 0 Å². The molecular formula is C14H25N5S. The van der Waals surface area contributed by atoms with Crippen molar-refractivity contribution in [3.8, 4) is 0 Å². The van der Waals surface area contributed by atoms with Crippen molar-refractivity contribution >= 4 is 17.7 Å². The van der Waals surface area contributed by atoms with Crippen LogP contribution in [0.5, 0.6) is 0 Å². The molecule has 20 heavy (non-hydrogen) atoms. The number of nitrogens with one attached hydrogen (secondary N) is 1. The molecule has 0 saturated carbocycles. The average Bonchev–Trinajstić information content (AvgIpc) is 2.90. The number of guanidine groups is 1. The summed E-state index contributed by atoms with van der Waals surface area (Å²) in [6, 6.07) is 0. The minimum absolute atomic E-state index is 0.304. The Morgan fingerprint density at radius 1 is 1.50 bits per heavy atom. The zero-order chi connectivity index (χ0) is 14.4. The summed E-state index contributed by atoms with van der Waals surface area (Å²) >= 11 is 2.04. The van der Waals surface area contributed by atoms with Gasteiger partial charge in [-0.05, 0) is 20.8 Å². The van der Waals surface area contributed by atoms with Crippen LogP contribution in [-0.4, -0.2) is 57.1 Å². The van der Waals surface area contributed by atoms with E-state index in [1.165, 1.54) is 5.75 Å². The first-order valence-electron chi connectivity index (χ1n) is 7.24.